The zero-order valence-corrected chi connectivity index (χ0v) is 11.0. The van der Waals surface area contributed by atoms with Gasteiger partial charge in [-0.05, 0) is 55.5 Å². The molecule has 100 valence electrons. The number of hydrogen-bond acceptors (Lipinski definition) is 2. The maximum Gasteiger partial charge on any atom is 0.123 e. The standard InChI is InChI=1S/C15H22FNO/c1-2-15(12-18)6-8-17(9-7-15)11-13-4-3-5-14(16)10-13/h3-5,10,18H,2,6-9,11-12H2,1H3. The molecule has 1 N–H and O–H groups in total. The number of aliphatic hydroxyl groups is 1. The summed E-state index contributed by atoms with van der Waals surface area (Å²) in [5, 5.41) is 9.49. The van der Waals surface area contributed by atoms with Crippen molar-refractivity contribution in [3.63, 3.8) is 0 Å². The van der Waals surface area contributed by atoms with Crippen LogP contribution in [0.3, 0.4) is 0 Å². The van der Waals surface area contributed by atoms with Crippen LogP contribution in [0.5, 0.6) is 0 Å². The number of piperidine rings is 1. The van der Waals surface area contributed by atoms with Crippen molar-refractivity contribution in [3.05, 3.63) is 35.6 Å². The van der Waals surface area contributed by atoms with Gasteiger partial charge in [0.15, 0.2) is 0 Å². The van der Waals surface area contributed by atoms with Gasteiger partial charge in [-0.25, -0.2) is 4.39 Å². The van der Waals surface area contributed by atoms with E-state index < -0.39 is 0 Å². The van der Waals surface area contributed by atoms with E-state index in [-0.39, 0.29) is 17.8 Å². The van der Waals surface area contributed by atoms with Gasteiger partial charge in [0.05, 0.1) is 0 Å². The zero-order valence-electron chi connectivity index (χ0n) is 11.0. The molecule has 1 aromatic carbocycles. The van der Waals surface area contributed by atoms with Crippen molar-refractivity contribution in [2.24, 2.45) is 5.41 Å². The number of halogens is 1. The van der Waals surface area contributed by atoms with Crippen molar-refractivity contribution in [2.75, 3.05) is 19.7 Å². The molecule has 3 heteroatoms. The molecule has 0 amide bonds. The number of aliphatic hydroxyl groups excluding tert-OH is 1. The van der Waals surface area contributed by atoms with Crippen LogP contribution >= 0.6 is 0 Å². The molecule has 1 aromatic rings. The Bertz CT molecular complexity index is 380. The van der Waals surface area contributed by atoms with Crippen LogP contribution in [-0.2, 0) is 6.54 Å². The Balaban J connectivity index is 1.91. The minimum Gasteiger partial charge on any atom is -0.396 e. The average molecular weight is 251 g/mol. The maximum atomic E-state index is 13.1. The second kappa shape index (κ2) is 5.81. The summed E-state index contributed by atoms with van der Waals surface area (Å²) in [6.07, 6.45) is 3.11. The van der Waals surface area contributed by atoms with Gasteiger partial charge in [0.2, 0.25) is 0 Å². The molecule has 0 bridgehead atoms. The van der Waals surface area contributed by atoms with Crippen LogP contribution in [0, 0.1) is 11.2 Å². The number of benzene rings is 1. The highest BCUT2D eigenvalue weighted by atomic mass is 19.1. The first-order chi connectivity index (χ1) is 8.67. The van der Waals surface area contributed by atoms with E-state index in [4.69, 9.17) is 0 Å². The molecule has 2 nitrogen and oxygen atoms in total. The molecule has 0 unspecified atom stereocenters. The summed E-state index contributed by atoms with van der Waals surface area (Å²) in [6.45, 7) is 5.23. The van der Waals surface area contributed by atoms with Crippen LogP contribution in [0.2, 0.25) is 0 Å². The van der Waals surface area contributed by atoms with E-state index in [9.17, 15) is 9.50 Å². The van der Waals surface area contributed by atoms with Crippen LogP contribution in [0.25, 0.3) is 0 Å². The quantitative estimate of drug-likeness (QED) is 0.889. The Morgan fingerprint density at radius 1 is 1.33 bits per heavy atom. The lowest BCUT2D eigenvalue weighted by atomic mass is 9.77. The third-order valence-corrected chi connectivity index (χ3v) is 4.30. The Hall–Kier alpha value is -0.930. The minimum absolute atomic E-state index is 0.123. The van der Waals surface area contributed by atoms with Crippen molar-refractivity contribution in [3.8, 4) is 0 Å². The van der Waals surface area contributed by atoms with Crippen LogP contribution in [0.4, 0.5) is 4.39 Å². The van der Waals surface area contributed by atoms with Gasteiger partial charge in [0, 0.05) is 13.2 Å². The fraction of sp³-hybridized carbons (Fsp3) is 0.600. The van der Waals surface area contributed by atoms with E-state index in [0.717, 1.165) is 44.5 Å². The van der Waals surface area contributed by atoms with Crippen LogP contribution < -0.4 is 0 Å². The zero-order chi connectivity index (χ0) is 13.0. The van der Waals surface area contributed by atoms with Gasteiger partial charge < -0.3 is 5.11 Å². The summed E-state index contributed by atoms with van der Waals surface area (Å²) in [6, 6.07) is 6.82. The lowest BCUT2D eigenvalue weighted by Crippen LogP contribution is -2.41. The highest BCUT2D eigenvalue weighted by molar-refractivity contribution is 5.16. The predicted molar refractivity (Wildman–Crippen MR) is 70.7 cm³/mol. The fourth-order valence-corrected chi connectivity index (χ4v) is 2.70. The molecular formula is C15H22FNO. The summed E-state index contributed by atoms with van der Waals surface area (Å²) in [7, 11) is 0. The first-order valence-corrected chi connectivity index (χ1v) is 6.75. The second-order valence-corrected chi connectivity index (χ2v) is 5.42. The highest BCUT2D eigenvalue weighted by Gasteiger charge is 2.32. The molecule has 1 fully saturated rings. The molecule has 0 saturated carbocycles. The Kier molecular flexibility index (Phi) is 4.36. The summed E-state index contributed by atoms with van der Waals surface area (Å²) < 4.78 is 13.1. The van der Waals surface area contributed by atoms with Gasteiger partial charge in [0.25, 0.3) is 0 Å². The van der Waals surface area contributed by atoms with Gasteiger partial charge in [-0.3, -0.25) is 4.90 Å². The molecule has 0 spiro atoms. The minimum atomic E-state index is -0.164. The van der Waals surface area contributed by atoms with Gasteiger partial charge in [0.1, 0.15) is 5.82 Å². The molecule has 0 aromatic heterocycles. The lowest BCUT2D eigenvalue weighted by molar-refractivity contribution is 0.0382. The summed E-state index contributed by atoms with van der Waals surface area (Å²) in [4.78, 5) is 2.35. The topological polar surface area (TPSA) is 23.5 Å². The average Bonchev–Trinajstić information content (AvgIpc) is 2.40. The van der Waals surface area contributed by atoms with E-state index in [1.165, 1.54) is 6.07 Å². The Labute approximate surface area is 108 Å². The Morgan fingerprint density at radius 3 is 2.61 bits per heavy atom. The number of hydrogen-bond donors (Lipinski definition) is 1. The Morgan fingerprint density at radius 2 is 2.06 bits per heavy atom. The van der Waals surface area contributed by atoms with E-state index >= 15 is 0 Å². The molecule has 0 radical (unpaired) electrons. The van der Waals surface area contributed by atoms with E-state index in [1.807, 2.05) is 6.07 Å². The number of rotatable bonds is 4. The molecule has 2 rings (SSSR count). The van der Waals surface area contributed by atoms with E-state index in [1.54, 1.807) is 12.1 Å². The number of likely N-dealkylation sites (tertiary alicyclic amines) is 1. The molecular weight excluding hydrogens is 229 g/mol. The van der Waals surface area contributed by atoms with Gasteiger partial charge in [-0.1, -0.05) is 19.1 Å². The summed E-state index contributed by atoms with van der Waals surface area (Å²) >= 11 is 0. The molecule has 18 heavy (non-hydrogen) atoms. The molecule has 1 heterocycles. The maximum absolute atomic E-state index is 13.1. The SMILES string of the molecule is CCC1(CO)CCN(Cc2cccc(F)c2)CC1. The molecule has 1 aliphatic rings. The fourth-order valence-electron chi connectivity index (χ4n) is 2.70. The molecule has 1 saturated heterocycles. The van der Waals surface area contributed by atoms with Crippen molar-refractivity contribution in [1.82, 2.24) is 4.90 Å². The van der Waals surface area contributed by atoms with Crippen LogP contribution in [0.1, 0.15) is 31.7 Å². The van der Waals surface area contributed by atoms with Crippen LogP contribution in [0.15, 0.2) is 24.3 Å². The first kappa shape index (κ1) is 13.5. The van der Waals surface area contributed by atoms with Crippen molar-refractivity contribution in [1.29, 1.82) is 0 Å². The van der Waals surface area contributed by atoms with Gasteiger partial charge in [-0.15, -0.1) is 0 Å². The largest absolute Gasteiger partial charge is 0.396 e. The molecule has 0 atom stereocenters. The second-order valence-electron chi connectivity index (χ2n) is 5.42. The van der Waals surface area contributed by atoms with E-state index in [2.05, 4.69) is 11.8 Å². The van der Waals surface area contributed by atoms with Crippen molar-refractivity contribution < 1.29 is 9.50 Å². The number of nitrogens with zero attached hydrogens (tertiary/aromatic N) is 1. The summed E-state index contributed by atoms with van der Waals surface area (Å²) in [5.41, 5.74) is 1.15. The third kappa shape index (κ3) is 3.09. The predicted octanol–water partition coefficient (Wildman–Crippen LogP) is 2.81. The lowest BCUT2D eigenvalue weighted by Gasteiger charge is -2.40. The first-order valence-electron chi connectivity index (χ1n) is 6.75. The molecule has 1 aliphatic heterocycles. The van der Waals surface area contributed by atoms with Crippen LogP contribution in [-0.4, -0.2) is 29.7 Å². The third-order valence-electron chi connectivity index (χ3n) is 4.30. The monoisotopic (exact) mass is 251 g/mol. The van der Waals surface area contributed by atoms with Crippen molar-refractivity contribution in [2.45, 2.75) is 32.7 Å². The van der Waals surface area contributed by atoms with Gasteiger partial charge >= 0.3 is 0 Å². The smallest absolute Gasteiger partial charge is 0.123 e. The normalized spacial score (nSPS) is 19.9. The highest BCUT2D eigenvalue weighted by Crippen LogP contribution is 2.34. The molecule has 0 aliphatic carbocycles. The van der Waals surface area contributed by atoms with E-state index in [0.29, 0.717) is 0 Å². The summed E-state index contributed by atoms with van der Waals surface area (Å²) in [5.74, 6) is -0.164. The van der Waals surface area contributed by atoms with Crippen molar-refractivity contribution >= 4 is 0 Å². The van der Waals surface area contributed by atoms with Gasteiger partial charge in [-0.2, -0.15) is 0 Å².